The number of carbonyl (C=O) groups excluding carboxylic acids is 2. The van der Waals surface area contributed by atoms with Crippen LogP contribution in [0.1, 0.15) is 25.3 Å². The minimum Gasteiger partial charge on any atom is -0.355 e. The fourth-order valence-electron chi connectivity index (χ4n) is 2.15. The van der Waals surface area contributed by atoms with Gasteiger partial charge in [0.1, 0.15) is 0 Å². The third-order valence-electron chi connectivity index (χ3n) is 3.29. The number of nitrogens with zero attached hydrogens (tertiary/aromatic N) is 1. The lowest BCUT2D eigenvalue weighted by Crippen LogP contribution is -2.43. The molecule has 116 valence electrons. The normalized spacial score (nSPS) is 12.0. The maximum atomic E-state index is 12.0. The summed E-state index contributed by atoms with van der Waals surface area (Å²) in [5.41, 5.74) is 3.09. The average Bonchev–Trinajstić information content (AvgIpc) is 2.51. The third-order valence-corrected chi connectivity index (χ3v) is 3.29. The first-order valence-electron chi connectivity index (χ1n) is 7.16. The van der Waals surface area contributed by atoms with Crippen molar-refractivity contribution in [1.29, 1.82) is 0 Å². The van der Waals surface area contributed by atoms with Crippen molar-refractivity contribution >= 4 is 11.8 Å². The summed E-state index contributed by atoms with van der Waals surface area (Å²) in [6, 6.07) is 9.44. The van der Waals surface area contributed by atoms with Gasteiger partial charge in [0.2, 0.25) is 11.8 Å². The van der Waals surface area contributed by atoms with E-state index in [-0.39, 0.29) is 18.4 Å². The number of amides is 2. The lowest BCUT2D eigenvalue weighted by atomic mass is 9.97. The Morgan fingerprint density at radius 1 is 1.24 bits per heavy atom. The van der Waals surface area contributed by atoms with Crippen molar-refractivity contribution in [3.8, 4) is 0 Å². The quantitative estimate of drug-likeness (QED) is 0.363. The highest BCUT2D eigenvalue weighted by molar-refractivity contribution is 5.83. The average molecular weight is 292 g/mol. The Balaban J connectivity index is 2.79. The second-order valence-electron chi connectivity index (χ2n) is 4.75. The van der Waals surface area contributed by atoms with Gasteiger partial charge in [0.15, 0.2) is 0 Å². The SMILES string of the molecule is CCNC(=O)CN(CC)CC(C(=O)NN)c1ccccc1. The molecule has 0 aromatic heterocycles. The van der Waals surface area contributed by atoms with E-state index in [1.807, 2.05) is 49.1 Å². The van der Waals surface area contributed by atoms with Gasteiger partial charge < -0.3 is 5.32 Å². The molecule has 1 atom stereocenters. The maximum Gasteiger partial charge on any atom is 0.242 e. The van der Waals surface area contributed by atoms with Crippen LogP contribution in [0.25, 0.3) is 0 Å². The molecule has 1 aromatic rings. The van der Waals surface area contributed by atoms with Crippen molar-refractivity contribution in [1.82, 2.24) is 15.6 Å². The molecule has 0 radical (unpaired) electrons. The van der Waals surface area contributed by atoms with Crippen LogP contribution >= 0.6 is 0 Å². The molecule has 2 amide bonds. The molecule has 1 aromatic carbocycles. The van der Waals surface area contributed by atoms with Crippen molar-refractivity contribution in [2.24, 2.45) is 5.84 Å². The molecule has 0 spiro atoms. The molecule has 0 heterocycles. The van der Waals surface area contributed by atoms with Crippen LogP contribution in [0.15, 0.2) is 30.3 Å². The number of benzene rings is 1. The van der Waals surface area contributed by atoms with E-state index in [0.29, 0.717) is 19.6 Å². The molecule has 0 bridgehead atoms. The summed E-state index contributed by atoms with van der Waals surface area (Å²) < 4.78 is 0. The first kappa shape index (κ1) is 17.1. The van der Waals surface area contributed by atoms with E-state index in [0.717, 1.165) is 5.56 Å². The van der Waals surface area contributed by atoms with Gasteiger partial charge in [0.25, 0.3) is 0 Å². The van der Waals surface area contributed by atoms with E-state index in [2.05, 4.69) is 10.7 Å². The van der Waals surface area contributed by atoms with Crippen LogP contribution in [0.2, 0.25) is 0 Å². The summed E-state index contributed by atoms with van der Waals surface area (Å²) in [5, 5.41) is 2.76. The summed E-state index contributed by atoms with van der Waals surface area (Å²) in [5.74, 6) is 4.59. The fourth-order valence-corrected chi connectivity index (χ4v) is 2.15. The monoisotopic (exact) mass is 292 g/mol. The van der Waals surface area contributed by atoms with Crippen LogP contribution in [0.4, 0.5) is 0 Å². The Morgan fingerprint density at radius 2 is 1.90 bits per heavy atom. The first-order valence-corrected chi connectivity index (χ1v) is 7.16. The number of hydrogen-bond donors (Lipinski definition) is 3. The van der Waals surface area contributed by atoms with Crippen LogP contribution in [-0.2, 0) is 9.59 Å². The number of rotatable bonds is 8. The molecule has 6 nitrogen and oxygen atoms in total. The molecule has 0 aliphatic carbocycles. The molecule has 21 heavy (non-hydrogen) atoms. The number of nitrogens with one attached hydrogen (secondary N) is 2. The minimum absolute atomic E-state index is 0.0423. The molecule has 6 heteroatoms. The van der Waals surface area contributed by atoms with Crippen molar-refractivity contribution in [3.05, 3.63) is 35.9 Å². The Bertz CT molecular complexity index is 450. The topological polar surface area (TPSA) is 87.5 Å². The predicted octanol–water partition coefficient (Wildman–Crippen LogP) is 0.218. The Hall–Kier alpha value is -1.92. The van der Waals surface area contributed by atoms with Crippen LogP contribution in [0.5, 0.6) is 0 Å². The van der Waals surface area contributed by atoms with E-state index in [9.17, 15) is 9.59 Å². The summed E-state index contributed by atoms with van der Waals surface area (Å²) in [6.45, 7) is 5.83. The van der Waals surface area contributed by atoms with Gasteiger partial charge in [-0.3, -0.25) is 19.9 Å². The van der Waals surface area contributed by atoms with Crippen molar-refractivity contribution in [3.63, 3.8) is 0 Å². The summed E-state index contributed by atoms with van der Waals surface area (Å²) in [6.07, 6.45) is 0. The molecule has 0 aliphatic heterocycles. The number of carbonyl (C=O) groups is 2. The zero-order valence-electron chi connectivity index (χ0n) is 12.6. The van der Waals surface area contributed by atoms with Gasteiger partial charge in [-0.25, -0.2) is 5.84 Å². The van der Waals surface area contributed by atoms with Gasteiger partial charge in [0, 0.05) is 13.1 Å². The van der Waals surface area contributed by atoms with Crippen LogP contribution in [0, 0.1) is 0 Å². The van der Waals surface area contributed by atoms with E-state index < -0.39 is 5.92 Å². The van der Waals surface area contributed by atoms with E-state index in [1.54, 1.807) is 0 Å². The zero-order valence-corrected chi connectivity index (χ0v) is 12.6. The summed E-state index contributed by atoms with van der Waals surface area (Å²) >= 11 is 0. The van der Waals surface area contributed by atoms with Gasteiger partial charge >= 0.3 is 0 Å². The van der Waals surface area contributed by atoms with Gasteiger partial charge in [-0.2, -0.15) is 0 Å². The van der Waals surface area contributed by atoms with E-state index in [1.165, 1.54) is 0 Å². The lowest BCUT2D eigenvalue weighted by molar-refractivity contribution is -0.125. The molecule has 0 aliphatic rings. The molecule has 4 N–H and O–H groups in total. The molecule has 0 fully saturated rings. The smallest absolute Gasteiger partial charge is 0.242 e. The fraction of sp³-hybridized carbons (Fsp3) is 0.467. The Labute approximate surface area is 125 Å². The highest BCUT2D eigenvalue weighted by atomic mass is 16.2. The third kappa shape index (κ3) is 5.53. The second-order valence-corrected chi connectivity index (χ2v) is 4.75. The highest BCUT2D eigenvalue weighted by Crippen LogP contribution is 2.17. The predicted molar refractivity (Wildman–Crippen MR) is 82.3 cm³/mol. The van der Waals surface area contributed by atoms with Gasteiger partial charge in [-0.15, -0.1) is 0 Å². The van der Waals surface area contributed by atoms with Crippen molar-refractivity contribution < 1.29 is 9.59 Å². The lowest BCUT2D eigenvalue weighted by Gasteiger charge is -2.25. The van der Waals surface area contributed by atoms with Crippen molar-refractivity contribution in [2.75, 3.05) is 26.2 Å². The first-order chi connectivity index (χ1) is 10.1. The van der Waals surface area contributed by atoms with E-state index in [4.69, 9.17) is 5.84 Å². The largest absolute Gasteiger partial charge is 0.355 e. The van der Waals surface area contributed by atoms with E-state index >= 15 is 0 Å². The van der Waals surface area contributed by atoms with Crippen LogP contribution in [-0.4, -0.2) is 42.9 Å². The molecule has 0 saturated carbocycles. The molecule has 1 rings (SSSR count). The van der Waals surface area contributed by atoms with Crippen molar-refractivity contribution in [2.45, 2.75) is 19.8 Å². The number of likely N-dealkylation sites (N-methyl/N-ethyl adjacent to an activating group) is 2. The number of nitrogens with two attached hydrogens (primary N) is 1. The summed E-state index contributed by atoms with van der Waals surface area (Å²) in [7, 11) is 0. The minimum atomic E-state index is -0.398. The van der Waals surface area contributed by atoms with Gasteiger partial charge in [-0.05, 0) is 19.0 Å². The van der Waals surface area contributed by atoms with Crippen LogP contribution in [0.3, 0.4) is 0 Å². The Morgan fingerprint density at radius 3 is 2.43 bits per heavy atom. The van der Waals surface area contributed by atoms with Crippen LogP contribution < -0.4 is 16.6 Å². The summed E-state index contributed by atoms with van der Waals surface area (Å²) in [4.78, 5) is 25.6. The molecule has 1 unspecified atom stereocenters. The van der Waals surface area contributed by atoms with Gasteiger partial charge in [-0.1, -0.05) is 37.3 Å². The maximum absolute atomic E-state index is 12.0. The molecular weight excluding hydrogens is 268 g/mol. The standard InChI is InChI=1S/C15H24N4O2/c1-3-17-14(20)11-19(4-2)10-13(15(21)18-16)12-8-6-5-7-9-12/h5-9,13H,3-4,10-11,16H2,1-2H3,(H,17,20)(H,18,21). The second kappa shape index (κ2) is 9.10. The Kier molecular flexibility index (Phi) is 7.42. The molecular formula is C15H24N4O2. The number of hydrazine groups is 1. The highest BCUT2D eigenvalue weighted by Gasteiger charge is 2.23. The zero-order chi connectivity index (χ0) is 15.7. The number of hydrogen-bond acceptors (Lipinski definition) is 4. The molecule has 0 saturated heterocycles. The van der Waals surface area contributed by atoms with Gasteiger partial charge in [0.05, 0.1) is 12.5 Å².